The number of anilines is 2. The number of aryl methyl sites for hydroxylation is 2. The number of carbonyl (C=O) groups is 1. The molecule has 1 aromatic heterocycles. The molecule has 0 saturated carbocycles. The van der Waals surface area contributed by atoms with Crippen molar-refractivity contribution < 1.29 is 13.2 Å². The van der Waals surface area contributed by atoms with Crippen LogP contribution in [0.5, 0.6) is 0 Å². The number of hydrogen-bond donors (Lipinski definition) is 1. The van der Waals surface area contributed by atoms with Crippen molar-refractivity contribution in [3.8, 4) is 11.1 Å². The van der Waals surface area contributed by atoms with Crippen LogP contribution in [0, 0.1) is 6.92 Å². The number of nitrogens with one attached hydrogen (secondary N) is 1. The molecule has 0 fully saturated rings. The van der Waals surface area contributed by atoms with E-state index in [0.717, 1.165) is 39.7 Å². The molecule has 0 atom stereocenters. The van der Waals surface area contributed by atoms with Crippen LogP contribution in [0.15, 0.2) is 71.5 Å². The molecule has 0 saturated heterocycles. The molecule has 33 heavy (non-hydrogen) atoms. The average Bonchev–Trinajstić information content (AvgIpc) is 2.75. The molecule has 3 aromatic carbocycles. The van der Waals surface area contributed by atoms with E-state index >= 15 is 0 Å². The number of halogens is 1. The first kappa shape index (κ1) is 22.8. The van der Waals surface area contributed by atoms with Gasteiger partial charge in [-0.2, -0.15) is 0 Å². The quantitative estimate of drug-likeness (QED) is 0.360. The topological polar surface area (TPSA) is 85.2 Å². The minimum atomic E-state index is -3.19. The van der Waals surface area contributed by atoms with Crippen molar-refractivity contribution in [2.24, 2.45) is 7.05 Å². The van der Waals surface area contributed by atoms with Crippen LogP contribution in [0.25, 0.3) is 22.0 Å². The number of benzene rings is 3. The molecule has 1 N–H and O–H groups in total. The van der Waals surface area contributed by atoms with Gasteiger partial charge < -0.3 is 9.88 Å². The fraction of sp³-hybridized carbons (Fsp3) is 0.120. The first-order valence-corrected chi connectivity index (χ1v) is 12.8. The normalized spacial score (nSPS) is 12.1. The van der Waals surface area contributed by atoms with Gasteiger partial charge in [0, 0.05) is 40.4 Å². The molecular formula is C25H21ClN2O4S. The number of hydrogen-bond acceptors (Lipinski definition) is 5. The highest BCUT2D eigenvalue weighted by molar-refractivity contribution is 8.13. The molecule has 4 aromatic rings. The van der Waals surface area contributed by atoms with Crippen LogP contribution in [0.1, 0.15) is 21.5 Å². The van der Waals surface area contributed by atoms with Gasteiger partial charge >= 0.3 is 0 Å². The third-order valence-electron chi connectivity index (χ3n) is 5.43. The Balaban J connectivity index is 0.000000471. The van der Waals surface area contributed by atoms with Gasteiger partial charge in [0.05, 0.1) is 23.0 Å². The van der Waals surface area contributed by atoms with Gasteiger partial charge in [-0.15, -0.1) is 0 Å². The number of pyridine rings is 1. The molecule has 1 aliphatic carbocycles. The van der Waals surface area contributed by atoms with Crippen LogP contribution in [0.3, 0.4) is 0 Å². The first-order chi connectivity index (χ1) is 15.5. The van der Waals surface area contributed by atoms with Crippen molar-refractivity contribution in [2.45, 2.75) is 6.92 Å². The van der Waals surface area contributed by atoms with E-state index in [2.05, 4.69) is 16.0 Å². The van der Waals surface area contributed by atoms with Gasteiger partial charge in [-0.25, -0.2) is 8.42 Å². The Bertz CT molecular complexity index is 1570. The smallest absolute Gasteiger partial charge is 0.251 e. The van der Waals surface area contributed by atoms with Crippen molar-refractivity contribution in [1.29, 1.82) is 0 Å². The van der Waals surface area contributed by atoms with Gasteiger partial charge in [0.2, 0.25) is 9.05 Å². The maximum atomic E-state index is 13.4. The van der Waals surface area contributed by atoms with Crippen LogP contribution >= 0.6 is 10.7 Å². The van der Waals surface area contributed by atoms with Gasteiger partial charge in [-0.05, 0) is 42.3 Å². The minimum absolute atomic E-state index is 0.0260. The van der Waals surface area contributed by atoms with Crippen molar-refractivity contribution in [1.82, 2.24) is 4.57 Å². The minimum Gasteiger partial charge on any atom is -0.355 e. The molecule has 1 aliphatic rings. The highest BCUT2D eigenvalue weighted by Gasteiger charge is 2.28. The van der Waals surface area contributed by atoms with Crippen LogP contribution in [0.2, 0.25) is 0 Å². The molecule has 168 valence electrons. The lowest BCUT2D eigenvalue weighted by molar-refractivity contribution is 0.104. The molecule has 0 bridgehead atoms. The molecule has 1 heterocycles. The maximum absolute atomic E-state index is 13.4. The SMILES string of the molecule is CS(=O)(=O)Cl.Cc1ccc(Nc2ccc3c4c(cc(=O)n3C)-c3ccccc3C(=O)c24)cc1. The molecule has 0 unspecified atom stereocenters. The van der Waals surface area contributed by atoms with Gasteiger partial charge in [0.15, 0.2) is 5.78 Å². The van der Waals surface area contributed by atoms with E-state index in [1.54, 1.807) is 17.7 Å². The second-order valence-electron chi connectivity index (χ2n) is 7.88. The fourth-order valence-electron chi connectivity index (χ4n) is 3.95. The third-order valence-corrected chi connectivity index (χ3v) is 5.43. The molecule has 0 radical (unpaired) electrons. The van der Waals surface area contributed by atoms with E-state index < -0.39 is 9.05 Å². The summed E-state index contributed by atoms with van der Waals surface area (Å²) in [5.74, 6) is -0.0260. The largest absolute Gasteiger partial charge is 0.355 e. The Morgan fingerprint density at radius 1 is 0.879 bits per heavy atom. The summed E-state index contributed by atoms with van der Waals surface area (Å²) in [4.78, 5) is 25.9. The lowest BCUT2D eigenvalue weighted by atomic mass is 9.83. The fourth-order valence-corrected chi connectivity index (χ4v) is 3.95. The van der Waals surface area contributed by atoms with Crippen molar-refractivity contribution in [3.63, 3.8) is 0 Å². The van der Waals surface area contributed by atoms with Crippen LogP contribution in [0.4, 0.5) is 11.4 Å². The number of fused-ring (bicyclic) bond motifs is 2. The van der Waals surface area contributed by atoms with E-state index in [1.807, 2.05) is 67.6 Å². The number of rotatable bonds is 2. The lowest BCUT2D eigenvalue weighted by Crippen LogP contribution is -2.21. The van der Waals surface area contributed by atoms with Crippen molar-refractivity contribution in [2.75, 3.05) is 11.6 Å². The molecule has 8 heteroatoms. The zero-order chi connectivity index (χ0) is 23.9. The van der Waals surface area contributed by atoms with Crippen LogP contribution < -0.4 is 10.9 Å². The molecule has 0 aliphatic heterocycles. The van der Waals surface area contributed by atoms with E-state index in [-0.39, 0.29) is 11.3 Å². The highest BCUT2D eigenvalue weighted by atomic mass is 35.7. The van der Waals surface area contributed by atoms with Gasteiger partial charge in [-0.1, -0.05) is 42.0 Å². The van der Waals surface area contributed by atoms with Crippen molar-refractivity contribution in [3.05, 3.63) is 93.8 Å². The van der Waals surface area contributed by atoms with Crippen LogP contribution in [-0.4, -0.2) is 25.0 Å². The standard InChI is InChI=1S/C24H18N2O2.CH3ClO2S/c1-14-7-9-15(10-8-14)25-19-11-12-20-22-18(13-21(27)26(20)2)16-5-3-4-6-17(16)24(28)23(19)22;1-5(2,3)4/h3-13,25H,1-2H3;1H3. The summed E-state index contributed by atoms with van der Waals surface area (Å²) in [7, 11) is 3.05. The number of carbonyl (C=O) groups excluding carboxylic acids is 1. The van der Waals surface area contributed by atoms with Crippen LogP contribution in [-0.2, 0) is 16.1 Å². The second kappa shape index (κ2) is 8.50. The Kier molecular flexibility index (Phi) is 5.86. The maximum Gasteiger partial charge on any atom is 0.251 e. The Hall–Kier alpha value is -3.42. The Morgan fingerprint density at radius 2 is 1.48 bits per heavy atom. The average molecular weight is 481 g/mol. The predicted octanol–water partition coefficient (Wildman–Crippen LogP) is 4.99. The third kappa shape index (κ3) is 4.55. The van der Waals surface area contributed by atoms with E-state index in [9.17, 15) is 18.0 Å². The first-order valence-electron chi connectivity index (χ1n) is 10.1. The zero-order valence-electron chi connectivity index (χ0n) is 18.2. The summed E-state index contributed by atoms with van der Waals surface area (Å²) in [5.41, 5.74) is 6.38. The molecule has 0 amide bonds. The summed E-state index contributed by atoms with van der Waals surface area (Å²) in [6, 6.07) is 21.0. The van der Waals surface area contributed by atoms with E-state index in [0.29, 0.717) is 11.1 Å². The highest BCUT2D eigenvalue weighted by Crippen LogP contribution is 2.41. The molecule has 0 spiro atoms. The molecular weight excluding hydrogens is 460 g/mol. The number of aromatic nitrogens is 1. The number of ketones is 1. The molecule has 6 nitrogen and oxygen atoms in total. The van der Waals surface area contributed by atoms with Crippen molar-refractivity contribution >= 4 is 47.8 Å². The van der Waals surface area contributed by atoms with E-state index in [1.165, 1.54) is 5.56 Å². The summed E-state index contributed by atoms with van der Waals surface area (Å²) in [6.45, 7) is 2.04. The van der Waals surface area contributed by atoms with Gasteiger partial charge in [0.1, 0.15) is 0 Å². The van der Waals surface area contributed by atoms with Gasteiger partial charge in [-0.3, -0.25) is 9.59 Å². The summed E-state index contributed by atoms with van der Waals surface area (Å²) >= 11 is 0. The summed E-state index contributed by atoms with van der Waals surface area (Å²) in [5, 5.41) is 4.21. The summed E-state index contributed by atoms with van der Waals surface area (Å²) < 4.78 is 20.4. The predicted molar refractivity (Wildman–Crippen MR) is 133 cm³/mol. The van der Waals surface area contributed by atoms with E-state index in [4.69, 9.17) is 0 Å². The monoisotopic (exact) mass is 480 g/mol. The Morgan fingerprint density at radius 3 is 2.12 bits per heavy atom. The summed E-state index contributed by atoms with van der Waals surface area (Å²) in [6.07, 6.45) is 0.925. The molecule has 5 rings (SSSR count). The second-order valence-corrected chi connectivity index (χ2v) is 10.9. The Labute approximate surface area is 195 Å². The lowest BCUT2D eigenvalue weighted by Gasteiger charge is -2.23. The number of nitrogens with zero attached hydrogens (tertiary/aromatic N) is 1. The van der Waals surface area contributed by atoms with Gasteiger partial charge in [0.25, 0.3) is 5.56 Å². The zero-order valence-corrected chi connectivity index (χ0v) is 19.8.